The molecule has 3 saturated heterocycles. The third-order valence-electron chi connectivity index (χ3n) is 12.4. The summed E-state index contributed by atoms with van der Waals surface area (Å²) >= 11 is 6.67. The van der Waals surface area contributed by atoms with E-state index in [2.05, 4.69) is 72.0 Å². The summed E-state index contributed by atoms with van der Waals surface area (Å²) in [5, 5.41) is 14.1. The average molecular weight is 788 g/mol. The molecule has 0 aliphatic carbocycles. The molecular weight excluding hydrogens is 742 g/mol. The van der Waals surface area contributed by atoms with Crippen LogP contribution in [0.4, 0.5) is 28.6 Å². The lowest BCUT2D eigenvalue weighted by atomic mass is 9.71. The van der Waals surface area contributed by atoms with Crippen LogP contribution < -0.4 is 31.5 Å². The summed E-state index contributed by atoms with van der Waals surface area (Å²) in [6, 6.07) is 18.2. The van der Waals surface area contributed by atoms with Gasteiger partial charge in [-0.15, -0.1) is 5.10 Å². The molecule has 1 atom stereocenters. The largest absolute Gasteiger partial charge is 0.385 e. The van der Waals surface area contributed by atoms with Crippen molar-refractivity contribution in [2.24, 2.45) is 11.1 Å². The Kier molecular flexibility index (Phi) is 9.69. The number of hydrogen-bond acceptors (Lipinski definition) is 11. The first-order valence-corrected chi connectivity index (χ1v) is 20.1. The first kappa shape index (κ1) is 36.9. The van der Waals surface area contributed by atoms with E-state index in [9.17, 15) is 14.4 Å². The molecule has 0 bridgehead atoms. The van der Waals surface area contributed by atoms with Gasteiger partial charge in [-0.1, -0.05) is 29.8 Å². The summed E-state index contributed by atoms with van der Waals surface area (Å²) in [7, 11) is 1.82. The van der Waals surface area contributed by atoms with Crippen LogP contribution >= 0.6 is 11.6 Å². The number of piperidine rings is 3. The lowest BCUT2D eigenvalue weighted by Crippen LogP contribution is -2.47. The molecule has 5 N–H and O–H groups in total. The van der Waals surface area contributed by atoms with Gasteiger partial charge >= 0.3 is 0 Å². The fourth-order valence-corrected chi connectivity index (χ4v) is 9.28. The third-order valence-corrected chi connectivity index (χ3v) is 12.7. The number of anilines is 5. The molecule has 1 unspecified atom stereocenters. The van der Waals surface area contributed by atoms with Gasteiger partial charge in [0, 0.05) is 68.8 Å². The molecule has 3 aromatic heterocycles. The maximum absolute atomic E-state index is 12.2. The summed E-state index contributed by atoms with van der Waals surface area (Å²) < 4.78 is 1.52. The molecule has 4 aliphatic rings. The van der Waals surface area contributed by atoms with E-state index < -0.39 is 11.9 Å². The van der Waals surface area contributed by atoms with E-state index in [4.69, 9.17) is 27.4 Å². The van der Waals surface area contributed by atoms with Crippen LogP contribution in [0.5, 0.6) is 0 Å². The molecule has 57 heavy (non-hydrogen) atoms. The number of rotatable bonds is 9. The number of aromatic nitrogens is 4. The number of nitrogens with zero attached hydrogens (tertiary/aromatic N) is 7. The van der Waals surface area contributed by atoms with Crippen molar-refractivity contribution in [1.29, 1.82) is 0 Å². The highest BCUT2D eigenvalue weighted by Crippen LogP contribution is 2.44. The smallest absolute Gasteiger partial charge is 0.269 e. The minimum Gasteiger partial charge on any atom is -0.385 e. The fourth-order valence-electron chi connectivity index (χ4n) is 9.05. The van der Waals surface area contributed by atoms with Crippen molar-refractivity contribution in [3.05, 3.63) is 88.8 Å². The number of pyridine rings is 1. The lowest BCUT2D eigenvalue weighted by Gasteiger charge is -2.47. The average Bonchev–Trinajstić information content (AvgIpc) is 3.86. The van der Waals surface area contributed by atoms with Crippen molar-refractivity contribution in [1.82, 2.24) is 29.8 Å². The highest BCUT2D eigenvalue weighted by atomic mass is 35.5. The Balaban J connectivity index is 0.800. The number of carbonyl (C=O) groups is 3. The van der Waals surface area contributed by atoms with Gasteiger partial charge < -0.3 is 26.2 Å². The van der Waals surface area contributed by atoms with Gasteiger partial charge in [0.2, 0.25) is 11.8 Å². The van der Waals surface area contributed by atoms with E-state index in [1.807, 2.05) is 31.4 Å². The monoisotopic (exact) mass is 787 g/mol. The molecule has 14 nitrogen and oxygen atoms in total. The standard InChI is InChI=1S/C42H46ClN11O3/c1-45-34-22-37(50-54-36(39(44)56)24-47-40(34)54)53-16-11-29-28(3-2-4-35(29)53)31-7-5-26(23-46-31)25-51-17-12-42(13-18-51)14-19-52(20-15-42)27-6-8-32(30(43)21-27)48-33-9-10-38(55)49-41(33)57/h2-8,21-24,33,45,48H,9-20,25H2,1H3,(H2,44,56)(H,49,55,57). The number of imidazole rings is 1. The Morgan fingerprint density at radius 2 is 1.75 bits per heavy atom. The van der Waals surface area contributed by atoms with Gasteiger partial charge in [-0.05, 0) is 98.5 Å². The molecule has 9 rings (SSSR count). The summed E-state index contributed by atoms with van der Waals surface area (Å²) in [4.78, 5) is 52.3. The van der Waals surface area contributed by atoms with Gasteiger partial charge in [0.1, 0.15) is 11.7 Å². The maximum Gasteiger partial charge on any atom is 0.269 e. The highest BCUT2D eigenvalue weighted by molar-refractivity contribution is 6.33. The Morgan fingerprint density at radius 3 is 2.47 bits per heavy atom. The van der Waals surface area contributed by atoms with Crippen LogP contribution in [0, 0.1) is 5.41 Å². The molecule has 0 radical (unpaired) electrons. The van der Waals surface area contributed by atoms with Gasteiger partial charge in [-0.3, -0.25) is 29.6 Å². The van der Waals surface area contributed by atoms with E-state index in [1.54, 1.807) is 0 Å². The van der Waals surface area contributed by atoms with E-state index in [1.165, 1.54) is 34.7 Å². The lowest BCUT2D eigenvalue weighted by molar-refractivity contribution is -0.133. The van der Waals surface area contributed by atoms with Crippen LogP contribution in [0.3, 0.4) is 0 Å². The van der Waals surface area contributed by atoms with Crippen molar-refractivity contribution in [3.8, 4) is 11.3 Å². The van der Waals surface area contributed by atoms with Crippen molar-refractivity contribution < 1.29 is 14.4 Å². The van der Waals surface area contributed by atoms with Crippen molar-refractivity contribution in [3.63, 3.8) is 0 Å². The quantitative estimate of drug-likeness (QED) is 0.142. The third kappa shape index (κ3) is 7.12. The Hall–Kier alpha value is -5.73. The normalized spacial score (nSPS) is 19.5. The number of halogens is 1. The van der Waals surface area contributed by atoms with Crippen molar-refractivity contribution in [2.75, 3.05) is 60.2 Å². The summed E-state index contributed by atoms with van der Waals surface area (Å²) in [6.07, 6.45) is 9.80. The van der Waals surface area contributed by atoms with E-state index in [0.29, 0.717) is 40.4 Å². The number of carbonyl (C=O) groups excluding carboxylic acids is 3. The van der Waals surface area contributed by atoms with Crippen LogP contribution in [0.15, 0.2) is 67.0 Å². The second-order valence-corrected chi connectivity index (χ2v) is 16.1. The molecule has 2 aromatic carbocycles. The number of likely N-dealkylation sites (tertiary alicyclic amines) is 1. The zero-order chi connectivity index (χ0) is 39.3. The molecule has 3 amide bonds. The Labute approximate surface area is 335 Å². The molecule has 1 spiro atoms. The predicted octanol–water partition coefficient (Wildman–Crippen LogP) is 5.38. The molecule has 294 valence electrons. The molecule has 0 saturated carbocycles. The predicted molar refractivity (Wildman–Crippen MR) is 221 cm³/mol. The number of nitrogens with one attached hydrogen (secondary N) is 3. The number of hydrogen-bond donors (Lipinski definition) is 4. The maximum atomic E-state index is 12.2. The van der Waals surface area contributed by atoms with Gasteiger partial charge in [-0.2, -0.15) is 0 Å². The van der Waals surface area contributed by atoms with Crippen molar-refractivity contribution in [2.45, 2.75) is 57.5 Å². The topological polar surface area (TPSA) is 166 Å². The molecule has 7 heterocycles. The zero-order valence-corrected chi connectivity index (χ0v) is 32.7. The van der Waals surface area contributed by atoms with Crippen LogP contribution in [0.25, 0.3) is 16.9 Å². The molecule has 4 aliphatic heterocycles. The van der Waals surface area contributed by atoms with Crippen LogP contribution in [-0.2, 0) is 22.6 Å². The van der Waals surface area contributed by atoms with Gasteiger partial charge in [0.05, 0.1) is 28.3 Å². The number of benzene rings is 2. The summed E-state index contributed by atoms with van der Waals surface area (Å²) in [5.74, 6) is -0.408. The van der Waals surface area contributed by atoms with Gasteiger partial charge in [0.25, 0.3) is 5.91 Å². The van der Waals surface area contributed by atoms with Gasteiger partial charge in [0.15, 0.2) is 11.5 Å². The molecule has 5 aromatic rings. The molecule has 3 fully saturated rings. The van der Waals surface area contributed by atoms with Crippen LogP contribution in [0.2, 0.25) is 5.02 Å². The number of nitrogens with two attached hydrogens (primary N) is 1. The zero-order valence-electron chi connectivity index (χ0n) is 31.9. The van der Waals surface area contributed by atoms with Crippen LogP contribution in [-0.4, -0.2) is 88.0 Å². The Morgan fingerprint density at radius 1 is 0.947 bits per heavy atom. The van der Waals surface area contributed by atoms with E-state index >= 15 is 0 Å². The van der Waals surface area contributed by atoms with E-state index in [-0.39, 0.29) is 17.5 Å². The highest BCUT2D eigenvalue weighted by Gasteiger charge is 2.38. The number of imide groups is 1. The second kappa shape index (κ2) is 15.0. The second-order valence-electron chi connectivity index (χ2n) is 15.7. The number of amides is 3. The van der Waals surface area contributed by atoms with Crippen molar-refractivity contribution >= 4 is 63.5 Å². The fraction of sp³-hybridized carbons (Fsp3) is 0.381. The molecular formula is C42H46ClN11O3. The minimum absolute atomic E-state index is 0.231. The van der Waals surface area contributed by atoms with Crippen LogP contribution in [0.1, 0.15) is 60.1 Å². The first-order valence-electron chi connectivity index (χ1n) is 19.8. The minimum atomic E-state index is -0.579. The van der Waals surface area contributed by atoms with E-state index in [0.717, 1.165) is 86.9 Å². The first-order chi connectivity index (χ1) is 27.7. The summed E-state index contributed by atoms with van der Waals surface area (Å²) in [6.45, 7) is 5.76. The number of primary amides is 1. The number of fused-ring (bicyclic) bond motifs is 2. The van der Waals surface area contributed by atoms with Gasteiger partial charge in [-0.25, -0.2) is 9.50 Å². The summed E-state index contributed by atoms with van der Waals surface area (Å²) in [5.41, 5.74) is 14.9. The SMILES string of the molecule is CNc1cc(N2CCc3c(-c4ccc(CN5CCC6(CC5)CCN(c5ccc(NC7CCC(=O)NC7=O)c(Cl)c5)CC6)cn4)cccc32)nn2c(C(N)=O)cnc12. The molecule has 15 heteroatoms. The Bertz CT molecular complexity index is 2360.